The predicted octanol–water partition coefficient (Wildman–Crippen LogP) is 4.19. The number of alkyl carbamates (subject to hydrolysis) is 1. The third kappa shape index (κ3) is 8.54. The first-order chi connectivity index (χ1) is 19.6. The number of esters is 1. The van der Waals surface area contributed by atoms with Gasteiger partial charge in [0.1, 0.15) is 42.0 Å². The summed E-state index contributed by atoms with van der Waals surface area (Å²) < 4.78 is 10.9. The molecule has 0 spiro atoms. The standard InChI is InChI=1S/C30H39N7O4/c1-20-26(33-19-34-27(20)37-15-13-22(14-16-37)23-11-8-12-25(31)35-23)32-17-24(28(38)41-30(2,3)4)36-29(39)40-18-21-9-6-5-7-10-21/h5-12,19,22,24H,13-18H2,1-4H3,(H2,31,35)(H,36,39)(H,32,33,34). The molecule has 0 saturated carbocycles. The van der Waals surface area contributed by atoms with Crippen molar-refractivity contribution in [3.63, 3.8) is 0 Å². The molecule has 4 N–H and O–H groups in total. The average molecular weight is 562 g/mol. The molecule has 218 valence electrons. The van der Waals surface area contributed by atoms with Gasteiger partial charge in [0, 0.05) is 36.8 Å². The van der Waals surface area contributed by atoms with E-state index >= 15 is 0 Å². The van der Waals surface area contributed by atoms with E-state index in [1.54, 1.807) is 26.8 Å². The van der Waals surface area contributed by atoms with Crippen molar-refractivity contribution in [1.29, 1.82) is 0 Å². The van der Waals surface area contributed by atoms with Crippen LogP contribution in [0.3, 0.4) is 0 Å². The Hall–Kier alpha value is -4.41. The van der Waals surface area contributed by atoms with Gasteiger partial charge in [0.2, 0.25) is 0 Å². The number of carbonyl (C=O) groups is 2. The summed E-state index contributed by atoms with van der Waals surface area (Å²) in [6, 6.07) is 14.1. The molecule has 11 heteroatoms. The predicted molar refractivity (Wildman–Crippen MR) is 157 cm³/mol. The molecule has 4 rings (SSSR count). The molecule has 3 heterocycles. The van der Waals surface area contributed by atoms with E-state index in [0.29, 0.717) is 17.6 Å². The molecule has 3 aromatic rings. The van der Waals surface area contributed by atoms with Gasteiger partial charge in [-0.05, 0) is 58.2 Å². The van der Waals surface area contributed by atoms with E-state index in [4.69, 9.17) is 15.2 Å². The normalized spacial score (nSPS) is 14.7. The van der Waals surface area contributed by atoms with Crippen molar-refractivity contribution in [2.45, 2.75) is 64.7 Å². The zero-order valence-electron chi connectivity index (χ0n) is 24.1. The number of nitrogens with one attached hydrogen (secondary N) is 2. The summed E-state index contributed by atoms with van der Waals surface area (Å²) >= 11 is 0. The van der Waals surface area contributed by atoms with Gasteiger partial charge < -0.3 is 30.7 Å². The first-order valence-electron chi connectivity index (χ1n) is 13.8. The van der Waals surface area contributed by atoms with Crippen LogP contribution in [0, 0.1) is 6.92 Å². The third-order valence-electron chi connectivity index (χ3n) is 6.73. The van der Waals surface area contributed by atoms with Crippen molar-refractivity contribution in [3.8, 4) is 0 Å². The lowest BCUT2D eigenvalue weighted by Crippen LogP contribution is -2.48. The van der Waals surface area contributed by atoms with Crippen LogP contribution in [-0.2, 0) is 20.9 Å². The fourth-order valence-electron chi connectivity index (χ4n) is 4.69. The minimum atomic E-state index is -1.00. The topological polar surface area (TPSA) is 145 Å². The Balaban J connectivity index is 1.39. The zero-order valence-corrected chi connectivity index (χ0v) is 24.1. The number of ether oxygens (including phenoxy) is 2. The molecule has 1 unspecified atom stereocenters. The maximum Gasteiger partial charge on any atom is 0.408 e. The summed E-state index contributed by atoms with van der Waals surface area (Å²) in [5.41, 5.74) is 7.87. The van der Waals surface area contributed by atoms with Gasteiger partial charge in [-0.15, -0.1) is 0 Å². The number of nitrogens with two attached hydrogens (primary N) is 1. The first-order valence-corrected chi connectivity index (χ1v) is 13.8. The van der Waals surface area contributed by atoms with Crippen molar-refractivity contribution in [2.75, 3.05) is 35.6 Å². The van der Waals surface area contributed by atoms with Gasteiger partial charge in [-0.25, -0.2) is 24.5 Å². The highest BCUT2D eigenvalue weighted by molar-refractivity contribution is 5.82. The summed E-state index contributed by atoms with van der Waals surface area (Å²) in [6.07, 6.45) is 2.64. The lowest BCUT2D eigenvalue weighted by molar-refractivity contribution is -0.156. The van der Waals surface area contributed by atoms with Crippen LogP contribution in [0.1, 0.15) is 56.4 Å². The molecule has 41 heavy (non-hydrogen) atoms. The monoisotopic (exact) mass is 561 g/mol. The molecule has 0 bridgehead atoms. The van der Waals surface area contributed by atoms with Gasteiger partial charge in [0.05, 0.1) is 0 Å². The minimum Gasteiger partial charge on any atom is -0.458 e. The van der Waals surface area contributed by atoms with E-state index < -0.39 is 23.7 Å². The highest BCUT2D eigenvalue weighted by Gasteiger charge is 2.28. The number of nitrogens with zero attached hydrogens (tertiary/aromatic N) is 4. The quantitative estimate of drug-likeness (QED) is 0.325. The number of hydrogen-bond acceptors (Lipinski definition) is 10. The average Bonchev–Trinajstić information content (AvgIpc) is 2.94. The van der Waals surface area contributed by atoms with Gasteiger partial charge in [-0.1, -0.05) is 36.4 Å². The SMILES string of the molecule is Cc1c(NCC(NC(=O)OCc2ccccc2)C(=O)OC(C)(C)C)ncnc1N1CCC(c2cccc(N)n2)CC1. The van der Waals surface area contributed by atoms with Gasteiger partial charge in [0.15, 0.2) is 0 Å². The van der Waals surface area contributed by atoms with E-state index in [2.05, 4.69) is 30.5 Å². The Kier molecular flexibility index (Phi) is 9.59. The fraction of sp³-hybridized carbons (Fsp3) is 0.433. The maximum absolute atomic E-state index is 13.0. The van der Waals surface area contributed by atoms with Crippen LogP contribution >= 0.6 is 0 Å². The summed E-state index contributed by atoms with van der Waals surface area (Å²) in [5, 5.41) is 5.84. The number of anilines is 3. The van der Waals surface area contributed by atoms with Crippen LogP contribution < -0.4 is 21.3 Å². The van der Waals surface area contributed by atoms with E-state index in [1.165, 1.54) is 6.33 Å². The first kappa shape index (κ1) is 29.6. The lowest BCUT2D eigenvalue weighted by atomic mass is 9.93. The molecule has 1 aliphatic rings. The van der Waals surface area contributed by atoms with E-state index in [9.17, 15) is 9.59 Å². The lowest BCUT2D eigenvalue weighted by Gasteiger charge is -2.33. The number of benzene rings is 1. The van der Waals surface area contributed by atoms with Crippen molar-refractivity contribution >= 4 is 29.5 Å². The van der Waals surface area contributed by atoms with Crippen molar-refractivity contribution in [2.24, 2.45) is 0 Å². The highest BCUT2D eigenvalue weighted by Crippen LogP contribution is 2.31. The molecular weight excluding hydrogens is 522 g/mol. The minimum absolute atomic E-state index is 0.0514. The van der Waals surface area contributed by atoms with Gasteiger partial charge in [-0.3, -0.25) is 0 Å². The second-order valence-electron chi connectivity index (χ2n) is 11.1. The Morgan fingerprint density at radius 2 is 1.80 bits per heavy atom. The molecule has 1 atom stereocenters. The Morgan fingerprint density at radius 1 is 1.07 bits per heavy atom. The van der Waals surface area contributed by atoms with Crippen LogP contribution in [0.4, 0.5) is 22.2 Å². The summed E-state index contributed by atoms with van der Waals surface area (Å²) in [6.45, 7) is 9.02. The summed E-state index contributed by atoms with van der Waals surface area (Å²) in [4.78, 5) is 41.2. The van der Waals surface area contributed by atoms with Gasteiger partial charge >= 0.3 is 12.1 Å². The smallest absolute Gasteiger partial charge is 0.408 e. The van der Waals surface area contributed by atoms with Crippen LogP contribution in [-0.4, -0.2) is 58.3 Å². The van der Waals surface area contributed by atoms with Crippen LogP contribution in [0.2, 0.25) is 0 Å². The number of hydrogen-bond donors (Lipinski definition) is 3. The number of piperidine rings is 1. The Bertz CT molecular complexity index is 1320. The molecule has 2 aromatic heterocycles. The number of carbonyl (C=O) groups excluding carboxylic acids is 2. The molecule has 1 amide bonds. The summed E-state index contributed by atoms with van der Waals surface area (Å²) in [5.74, 6) is 1.70. The molecule has 1 aromatic carbocycles. The third-order valence-corrected chi connectivity index (χ3v) is 6.73. The van der Waals surface area contributed by atoms with Crippen LogP contribution in [0.15, 0.2) is 54.9 Å². The number of amides is 1. The molecule has 11 nitrogen and oxygen atoms in total. The fourth-order valence-corrected chi connectivity index (χ4v) is 4.69. The highest BCUT2D eigenvalue weighted by atomic mass is 16.6. The molecule has 0 radical (unpaired) electrons. The number of nitrogen functional groups attached to an aromatic ring is 1. The van der Waals surface area contributed by atoms with Gasteiger partial charge in [0.25, 0.3) is 0 Å². The van der Waals surface area contributed by atoms with E-state index in [0.717, 1.165) is 48.6 Å². The van der Waals surface area contributed by atoms with Crippen molar-refractivity contribution in [1.82, 2.24) is 20.3 Å². The second-order valence-corrected chi connectivity index (χ2v) is 11.1. The van der Waals surface area contributed by atoms with Crippen molar-refractivity contribution < 1.29 is 19.1 Å². The number of aromatic nitrogens is 3. The Labute approximate surface area is 240 Å². The molecular formula is C30H39N7O4. The van der Waals surface area contributed by atoms with Crippen LogP contribution in [0.25, 0.3) is 0 Å². The molecule has 1 aliphatic heterocycles. The maximum atomic E-state index is 13.0. The van der Waals surface area contributed by atoms with E-state index in [-0.39, 0.29) is 13.2 Å². The van der Waals surface area contributed by atoms with Gasteiger partial charge in [-0.2, -0.15) is 0 Å². The summed E-state index contributed by atoms with van der Waals surface area (Å²) in [7, 11) is 0. The van der Waals surface area contributed by atoms with Crippen LogP contribution in [0.5, 0.6) is 0 Å². The molecule has 0 aliphatic carbocycles. The zero-order chi connectivity index (χ0) is 29.4. The van der Waals surface area contributed by atoms with E-state index in [1.807, 2.05) is 49.4 Å². The number of pyridine rings is 1. The largest absolute Gasteiger partial charge is 0.458 e. The molecule has 1 fully saturated rings. The second kappa shape index (κ2) is 13.3. The Morgan fingerprint density at radius 3 is 2.49 bits per heavy atom. The molecule has 1 saturated heterocycles. The number of rotatable bonds is 9. The van der Waals surface area contributed by atoms with Crippen molar-refractivity contribution in [3.05, 3.63) is 71.7 Å².